The molecule has 132 valence electrons. The molecule has 2 rings (SSSR count). The van der Waals surface area contributed by atoms with Gasteiger partial charge in [-0.15, -0.1) is 0 Å². The summed E-state index contributed by atoms with van der Waals surface area (Å²) in [5, 5.41) is 19.1. The van der Waals surface area contributed by atoms with Gasteiger partial charge in [0.25, 0.3) is 0 Å². The summed E-state index contributed by atoms with van der Waals surface area (Å²) < 4.78 is 48.3. The van der Waals surface area contributed by atoms with Crippen LogP contribution in [0, 0.1) is 5.92 Å². The van der Waals surface area contributed by atoms with Crippen molar-refractivity contribution in [2.45, 2.75) is 37.5 Å². The van der Waals surface area contributed by atoms with Crippen LogP contribution in [0.3, 0.4) is 0 Å². The summed E-state index contributed by atoms with van der Waals surface area (Å²) in [7, 11) is 0. The van der Waals surface area contributed by atoms with E-state index in [4.69, 9.17) is 9.47 Å². The third kappa shape index (κ3) is 3.65. The molecule has 0 unspecified atom stereocenters. The first-order valence-corrected chi connectivity index (χ1v) is 6.87. The van der Waals surface area contributed by atoms with E-state index in [1.807, 2.05) is 0 Å². The van der Waals surface area contributed by atoms with Crippen molar-refractivity contribution in [3.05, 3.63) is 23.9 Å². The zero-order chi connectivity index (χ0) is 18.1. The second-order valence-electron chi connectivity index (χ2n) is 5.25. The minimum atomic E-state index is -4.72. The highest BCUT2D eigenvalue weighted by Crippen LogP contribution is 2.31. The lowest BCUT2D eigenvalue weighted by Crippen LogP contribution is -2.58. The lowest BCUT2D eigenvalue weighted by atomic mass is 9.87. The van der Waals surface area contributed by atoms with Gasteiger partial charge in [0, 0.05) is 6.07 Å². The van der Waals surface area contributed by atoms with Crippen molar-refractivity contribution in [3.8, 4) is 5.88 Å². The number of carboxylic acids is 1. The molecule has 0 radical (unpaired) electrons. The second-order valence-corrected chi connectivity index (χ2v) is 5.25. The molecule has 0 amide bonds. The summed E-state index contributed by atoms with van der Waals surface area (Å²) in [6.45, 7) is 1.37. The summed E-state index contributed by atoms with van der Waals surface area (Å²) in [6.07, 6.45) is -9.92. The van der Waals surface area contributed by atoms with E-state index < -0.39 is 54.1 Å². The highest BCUT2D eigenvalue weighted by atomic mass is 19.4. The van der Waals surface area contributed by atoms with Crippen molar-refractivity contribution in [1.29, 1.82) is 0 Å². The van der Waals surface area contributed by atoms with Crippen LogP contribution in [-0.2, 0) is 20.5 Å². The zero-order valence-electron chi connectivity index (χ0n) is 12.3. The topological polar surface area (TPSA) is 106 Å². The van der Waals surface area contributed by atoms with Crippen LogP contribution in [0.2, 0.25) is 0 Å². The fraction of sp³-hybridized carbons (Fsp3) is 0.500. The summed E-state index contributed by atoms with van der Waals surface area (Å²) in [5.74, 6) is -3.30. The molecule has 7 nitrogen and oxygen atoms in total. The first kappa shape index (κ1) is 18.1. The Morgan fingerprint density at radius 1 is 1.42 bits per heavy atom. The highest BCUT2D eigenvalue weighted by Gasteiger charge is 2.48. The van der Waals surface area contributed by atoms with Crippen LogP contribution >= 0.6 is 0 Å². The minimum absolute atomic E-state index is 0.290. The van der Waals surface area contributed by atoms with E-state index in [9.17, 15) is 33.0 Å². The number of pyridine rings is 1. The fourth-order valence-electron chi connectivity index (χ4n) is 2.37. The standard InChI is InChI=1S/C14H14F3NO6/c1-6-10(20)7(5-19)11(12(23-6)13(21)22)24-9-4-2-3-8(18-9)14(15,16)17/h2-7,10-12,20H,1H3,(H,21,22)/t6-,7+,10+,11-,12+/m1/s1. The van der Waals surface area contributed by atoms with Crippen molar-refractivity contribution in [1.82, 2.24) is 4.98 Å². The quantitative estimate of drug-likeness (QED) is 0.778. The number of aromatic nitrogens is 1. The molecule has 0 aliphatic carbocycles. The predicted molar refractivity (Wildman–Crippen MR) is 71.2 cm³/mol. The summed E-state index contributed by atoms with van der Waals surface area (Å²) in [4.78, 5) is 25.8. The molecule has 1 aliphatic heterocycles. The smallest absolute Gasteiger partial charge is 0.433 e. The van der Waals surface area contributed by atoms with Gasteiger partial charge in [-0.2, -0.15) is 13.2 Å². The summed E-state index contributed by atoms with van der Waals surface area (Å²) >= 11 is 0. The van der Waals surface area contributed by atoms with Crippen LogP contribution < -0.4 is 4.74 Å². The maximum absolute atomic E-state index is 12.7. The van der Waals surface area contributed by atoms with Crippen molar-refractivity contribution < 1.29 is 42.4 Å². The normalized spacial score (nSPS) is 30.6. The molecule has 0 spiro atoms. The molecular formula is C14H14F3NO6. The Hall–Kier alpha value is -2.20. The number of ether oxygens (including phenoxy) is 2. The zero-order valence-corrected chi connectivity index (χ0v) is 12.3. The van der Waals surface area contributed by atoms with E-state index >= 15 is 0 Å². The number of hydrogen-bond acceptors (Lipinski definition) is 6. The van der Waals surface area contributed by atoms with Gasteiger partial charge in [-0.1, -0.05) is 6.07 Å². The number of carbonyl (C=O) groups excluding carboxylic acids is 1. The molecule has 1 saturated heterocycles. The van der Waals surface area contributed by atoms with Crippen LogP contribution in [-0.4, -0.2) is 51.9 Å². The van der Waals surface area contributed by atoms with Gasteiger partial charge in [0.05, 0.1) is 18.1 Å². The number of rotatable bonds is 4. The second kappa shape index (κ2) is 6.73. The SMILES string of the molecule is C[C@H]1O[C@H](C(=O)O)[C@H](Oc2cccc(C(F)(F)F)n2)[C@@H](C=O)[C@H]1O. The number of aliphatic hydroxyl groups is 1. The van der Waals surface area contributed by atoms with Gasteiger partial charge in [0.2, 0.25) is 5.88 Å². The highest BCUT2D eigenvalue weighted by molar-refractivity contribution is 5.75. The average Bonchev–Trinajstić information content (AvgIpc) is 2.50. The number of alkyl halides is 3. The largest absolute Gasteiger partial charge is 0.479 e. The Kier molecular flexibility index (Phi) is 5.09. The molecular weight excluding hydrogens is 335 g/mol. The molecule has 2 heterocycles. The van der Waals surface area contributed by atoms with Crippen LogP contribution in [0.25, 0.3) is 0 Å². The minimum Gasteiger partial charge on any atom is -0.479 e. The van der Waals surface area contributed by atoms with E-state index in [-0.39, 0.29) is 6.29 Å². The maximum Gasteiger partial charge on any atom is 0.433 e. The molecule has 1 aromatic heterocycles. The number of halogens is 3. The first-order valence-electron chi connectivity index (χ1n) is 6.87. The molecule has 0 bridgehead atoms. The maximum atomic E-state index is 12.7. The van der Waals surface area contributed by atoms with E-state index in [0.29, 0.717) is 6.07 Å². The summed E-state index contributed by atoms with van der Waals surface area (Å²) in [5.41, 5.74) is -1.24. The van der Waals surface area contributed by atoms with Crippen LogP contribution in [0.4, 0.5) is 13.2 Å². The van der Waals surface area contributed by atoms with E-state index in [2.05, 4.69) is 4.98 Å². The van der Waals surface area contributed by atoms with Gasteiger partial charge in [-0.05, 0) is 13.0 Å². The van der Waals surface area contributed by atoms with E-state index in [1.54, 1.807) is 0 Å². The monoisotopic (exact) mass is 349 g/mol. The van der Waals surface area contributed by atoms with Gasteiger partial charge in [0.1, 0.15) is 18.1 Å². The van der Waals surface area contributed by atoms with Crippen molar-refractivity contribution >= 4 is 12.3 Å². The molecule has 0 aromatic carbocycles. The van der Waals surface area contributed by atoms with Crippen molar-refractivity contribution in [2.75, 3.05) is 0 Å². The molecule has 1 aliphatic rings. The number of aliphatic hydroxyl groups excluding tert-OH is 1. The Balaban J connectivity index is 2.33. The molecule has 5 atom stereocenters. The first-order chi connectivity index (χ1) is 11.1. The number of carboxylic acid groups (broad SMARTS) is 1. The van der Waals surface area contributed by atoms with E-state index in [1.165, 1.54) is 6.92 Å². The molecule has 2 N–H and O–H groups in total. The predicted octanol–water partition coefficient (Wildman–Crippen LogP) is 0.896. The van der Waals surface area contributed by atoms with Crippen LogP contribution in [0.5, 0.6) is 5.88 Å². The van der Waals surface area contributed by atoms with Crippen LogP contribution in [0.1, 0.15) is 12.6 Å². The number of hydrogen-bond donors (Lipinski definition) is 2. The Labute approximate surface area is 134 Å². The molecule has 24 heavy (non-hydrogen) atoms. The molecule has 10 heteroatoms. The molecule has 1 fully saturated rings. The number of nitrogens with zero attached hydrogens (tertiary/aromatic N) is 1. The van der Waals surface area contributed by atoms with Gasteiger partial charge < -0.3 is 24.5 Å². The van der Waals surface area contributed by atoms with Crippen molar-refractivity contribution in [3.63, 3.8) is 0 Å². The molecule has 0 saturated carbocycles. The number of carbonyl (C=O) groups is 2. The fourth-order valence-corrected chi connectivity index (χ4v) is 2.37. The lowest BCUT2D eigenvalue weighted by Gasteiger charge is -2.39. The average molecular weight is 349 g/mol. The van der Waals surface area contributed by atoms with Crippen molar-refractivity contribution in [2.24, 2.45) is 5.92 Å². The third-order valence-electron chi connectivity index (χ3n) is 3.59. The lowest BCUT2D eigenvalue weighted by molar-refractivity contribution is -0.200. The number of aldehydes is 1. The van der Waals surface area contributed by atoms with Gasteiger partial charge in [-0.3, -0.25) is 0 Å². The van der Waals surface area contributed by atoms with Gasteiger partial charge in [0.15, 0.2) is 6.10 Å². The Morgan fingerprint density at radius 3 is 2.62 bits per heavy atom. The van der Waals surface area contributed by atoms with E-state index in [0.717, 1.165) is 12.1 Å². The Bertz CT molecular complexity index is 621. The van der Waals surface area contributed by atoms with Crippen LogP contribution in [0.15, 0.2) is 18.2 Å². The van der Waals surface area contributed by atoms with Gasteiger partial charge in [-0.25, -0.2) is 9.78 Å². The summed E-state index contributed by atoms with van der Waals surface area (Å²) in [6, 6.07) is 2.83. The molecule has 1 aromatic rings. The number of aliphatic carboxylic acids is 1. The third-order valence-corrected chi connectivity index (χ3v) is 3.59. The Morgan fingerprint density at radius 2 is 2.08 bits per heavy atom. The van der Waals surface area contributed by atoms with Gasteiger partial charge >= 0.3 is 12.1 Å².